The maximum atomic E-state index is 10.0. The summed E-state index contributed by atoms with van der Waals surface area (Å²) in [6, 6.07) is 5.51. The Balaban J connectivity index is 2.22. The molecule has 2 rings (SSSR count). The molecule has 0 aliphatic carbocycles. The second-order valence-corrected chi connectivity index (χ2v) is 4.06. The highest BCUT2D eigenvalue weighted by Crippen LogP contribution is 2.34. The molecule has 0 radical (unpaired) electrons. The van der Waals surface area contributed by atoms with E-state index < -0.39 is 6.10 Å². The van der Waals surface area contributed by atoms with Gasteiger partial charge in [0, 0.05) is 0 Å². The van der Waals surface area contributed by atoms with E-state index in [1.165, 1.54) is 0 Å². The van der Waals surface area contributed by atoms with Gasteiger partial charge in [-0.05, 0) is 30.2 Å². The number of fused-ring (bicyclic) bond motifs is 1. The molecule has 1 aromatic rings. The van der Waals surface area contributed by atoms with Gasteiger partial charge in [0.1, 0.15) is 13.2 Å². The standard InChI is InChI=1S/C12H17NO3/c1-8(7-13)12(14)9-2-3-10-11(6-9)16-5-4-15-10/h2-3,6,8,12,14H,4-5,7,13H2,1H3. The Kier molecular flexibility index (Phi) is 3.31. The van der Waals surface area contributed by atoms with E-state index in [1.54, 1.807) is 0 Å². The van der Waals surface area contributed by atoms with Crippen LogP contribution in [0, 0.1) is 5.92 Å². The molecular weight excluding hydrogens is 206 g/mol. The minimum Gasteiger partial charge on any atom is -0.486 e. The van der Waals surface area contributed by atoms with Crippen LogP contribution in [0.2, 0.25) is 0 Å². The minimum absolute atomic E-state index is 0.0301. The van der Waals surface area contributed by atoms with Gasteiger partial charge in [-0.2, -0.15) is 0 Å². The summed E-state index contributed by atoms with van der Waals surface area (Å²) in [6.45, 7) is 3.50. The number of nitrogens with two attached hydrogens (primary N) is 1. The van der Waals surface area contributed by atoms with Gasteiger partial charge in [0.25, 0.3) is 0 Å². The summed E-state index contributed by atoms with van der Waals surface area (Å²) in [5.41, 5.74) is 6.35. The van der Waals surface area contributed by atoms with Crippen LogP contribution >= 0.6 is 0 Å². The molecule has 1 heterocycles. The fraction of sp³-hybridized carbons (Fsp3) is 0.500. The van der Waals surface area contributed by atoms with Crippen molar-refractivity contribution in [2.75, 3.05) is 19.8 Å². The molecule has 4 nitrogen and oxygen atoms in total. The van der Waals surface area contributed by atoms with Crippen LogP contribution in [0.1, 0.15) is 18.6 Å². The van der Waals surface area contributed by atoms with Crippen molar-refractivity contribution in [1.29, 1.82) is 0 Å². The summed E-state index contributed by atoms with van der Waals surface area (Å²) in [6.07, 6.45) is -0.555. The predicted octanol–water partition coefficient (Wildman–Crippen LogP) is 1.09. The first-order valence-electron chi connectivity index (χ1n) is 5.50. The zero-order valence-corrected chi connectivity index (χ0v) is 9.35. The highest BCUT2D eigenvalue weighted by Gasteiger charge is 2.18. The maximum Gasteiger partial charge on any atom is 0.161 e. The van der Waals surface area contributed by atoms with Crippen molar-refractivity contribution in [3.05, 3.63) is 23.8 Å². The molecule has 1 aliphatic rings. The van der Waals surface area contributed by atoms with Gasteiger partial charge in [-0.25, -0.2) is 0 Å². The summed E-state index contributed by atoms with van der Waals surface area (Å²) < 4.78 is 10.9. The zero-order valence-electron chi connectivity index (χ0n) is 9.35. The number of rotatable bonds is 3. The second-order valence-electron chi connectivity index (χ2n) is 4.06. The average molecular weight is 223 g/mol. The van der Waals surface area contributed by atoms with E-state index in [0.29, 0.717) is 25.5 Å². The van der Waals surface area contributed by atoms with Gasteiger partial charge < -0.3 is 20.3 Å². The Labute approximate surface area is 95.0 Å². The number of hydrogen-bond donors (Lipinski definition) is 2. The number of benzene rings is 1. The molecule has 0 saturated carbocycles. The molecule has 0 bridgehead atoms. The normalized spacial score (nSPS) is 17.9. The van der Waals surface area contributed by atoms with Crippen LogP contribution in [0.15, 0.2) is 18.2 Å². The Morgan fingerprint density at radius 2 is 2.00 bits per heavy atom. The van der Waals surface area contributed by atoms with Crippen LogP contribution in [0.3, 0.4) is 0 Å². The van der Waals surface area contributed by atoms with Gasteiger partial charge in [0.2, 0.25) is 0 Å². The van der Waals surface area contributed by atoms with Gasteiger partial charge in [-0.1, -0.05) is 13.0 Å². The third-order valence-electron chi connectivity index (χ3n) is 2.82. The quantitative estimate of drug-likeness (QED) is 0.805. The fourth-order valence-corrected chi connectivity index (χ4v) is 1.70. The number of hydrogen-bond acceptors (Lipinski definition) is 4. The highest BCUT2D eigenvalue weighted by atomic mass is 16.6. The van der Waals surface area contributed by atoms with Gasteiger partial charge >= 0.3 is 0 Å². The summed E-state index contributed by atoms with van der Waals surface area (Å²) >= 11 is 0. The highest BCUT2D eigenvalue weighted by molar-refractivity contribution is 5.44. The van der Waals surface area contributed by atoms with Crippen LogP contribution in [0.4, 0.5) is 0 Å². The van der Waals surface area contributed by atoms with Crippen molar-refractivity contribution >= 4 is 0 Å². The molecule has 1 aliphatic heterocycles. The van der Waals surface area contributed by atoms with Crippen LogP contribution < -0.4 is 15.2 Å². The van der Waals surface area contributed by atoms with E-state index in [-0.39, 0.29) is 5.92 Å². The Hall–Kier alpha value is -1.26. The molecule has 0 fully saturated rings. The monoisotopic (exact) mass is 223 g/mol. The molecule has 0 amide bonds. The van der Waals surface area contributed by atoms with E-state index in [1.807, 2.05) is 25.1 Å². The summed E-state index contributed by atoms with van der Waals surface area (Å²) in [7, 11) is 0. The lowest BCUT2D eigenvalue weighted by Crippen LogP contribution is -2.20. The smallest absolute Gasteiger partial charge is 0.161 e. The maximum absolute atomic E-state index is 10.0. The lowest BCUT2D eigenvalue weighted by Gasteiger charge is -2.22. The van der Waals surface area contributed by atoms with E-state index in [0.717, 1.165) is 11.3 Å². The van der Waals surface area contributed by atoms with Crippen LogP contribution in [0.5, 0.6) is 11.5 Å². The van der Waals surface area contributed by atoms with E-state index in [4.69, 9.17) is 15.2 Å². The second kappa shape index (κ2) is 4.72. The Morgan fingerprint density at radius 1 is 1.31 bits per heavy atom. The molecule has 3 N–H and O–H groups in total. The molecule has 1 aromatic carbocycles. The molecule has 2 unspecified atom stereocenters. The van der Waals surface area contributed by atoms with Crippen molar-refractivity contribution in [1.82, 2.24) is 0 Å². The lowest BCUT2D eigenvalue weighted by molar-refractivity contribution is 0.120. The Bertz CT molecular complexity index is 367. The summed E-state index contributed by atoms with van der Waals surface area (Å²) in [4.78, 5) is 0. The first-order chi connectivity index (χ1) is 7.72. The number of ether oxygens (including phenoxy) is 2. The van der Waals surface area contributed by atoms with Crippen LogP contribution in [-0.4, -0.2) is 24.9 Å². The SMILES string of the molecule is CC(CN)C(O)c1ccc2c(c1)OCCO2. The van der Waals surface area contributed by atoms with Gasteiger partial charge in [-0.3, -0.25) is 0 Å². The summed E-state index contributed by atoms with van der Waals surface area (Å²) in [5.74, 6) is 1.47. The van der Waals surface area contributed by atoms with Crippen molar-refractivity contribution in [3.63, 3.8) is 0 Å². The first-order valence-corrected chi connectivity index (χ1v) is 5.50. The largest absolute Gasteiger partial charge is 0.486 e. The Morgan fingerprint density at radius 3 is 2.69 bits per heavy atom. The number of aliphatic hydroxyl groups excluding tert-OH is 1. The first kappa shape index (κ1) is 11.2. The average Bonchev–Trinajstić information content (AvgIpc) is 2.36. The van der Waals surface area contributed by atoms with E-state index >= 15 is 0 Å². The lowest BCUT2D eigenvalue weighted by atomic mass is 9.97. The zero-order chi connectivity index (χ0) is 11.5. The molecule has 4 heteroatoms. The van der Waals surface area contributed by atoms with Crippen molar-refractivity contribution in [2.45, 2.75) is 13.0 Å². The molecule has 0 aromatic heterocycles. The molecule has 0 saturated heterocycles. The van der Waals surface area contributed by atoms with Crippen molar-refractivity contribution in [2.24, 2.45) is 11.7 Å². The molecule has 2 atom stereocenters. The predicted molar refractivity (Wildman–Crippen MR) is 60.6 cm³/mol. The van der Waals surface area contributed by atoms with Crippen LogP contribution in [-0.2, 0) is 0 Å². The van der Waals surface area contributed by atoms with Crippen molar-refractivity contribution < 1.29 is 14.6 Å². The van der Waals surface area contributed by atoms with Crippen molar-refractivity contribution in [3.8, 4) is 11.5 Å². The third kappa shape index (κ3) is 2.13. The molecule has 0 spiro atoms. The van der Waals surface area contributed by atoms with Crippen LogP contribution in [0.25, 0.3) is 0 Å². The molecule has 88 valence electrons. The van der Waals surface area contributed by atoms with Gasteiger partial charge in [-0.15, -0.1) is 0 Å². The third-order valence-corrected chi connectivity index (χ3v) is 2.82. The molecular formula is C12H17NO3. The van der Waals surface area contributed by atoms with Gasteiger partial charge in [0.15, 0.2) is 11.5 Å². The number of aliphatic hydroxyl groups is 1. The topological polar surface area (TPSA) is 64.7 Å². The van der Waals surface area contributed by atoms with E-state index in [9.17, 15) is 5.11 Å². The van der Waals surface area contributed by atoms with Gasteiger partial charge in [0.05, 0.1) is 6.10 Å². The fourth-order valence-electron chi connectivity index (χ4n) is 1.70. The minimum atomic E-state index is -0.555. The van der Waals surface area contributed by atoms with E-state index in [2.05, 4.69) is 0 Å². The summed E-state index contributed by atoms with van der Waals surface area (Å²) in [5, 5.41) is 10.0. The molecule has 16 heavy (non-hydrogen) atoms.